The SMILES string of the molecule is COC(=O)N[C@H](C(=O)N1CCC[C@H]1c1nc2c(ccc3cc4c(cc32)OCc2cc(-c3cnc([C@]5(C(C)(C)C)CCCN5C(=O)O)[nH]3)ccc2-4)[nH]1)C(C)C. The normalized spacial score (nSPS) is 20.2. The minimum absolute atomic E-state index is 0.117. The Hall–Kier alpha value is -5.59. The Morgan fingerprint density at radius 2 is 1.87 bits per heavy atom. The molecule has 5 aromatic rings. The molecule has 54 heavy (non-hydrogen) atoms. The number of H-pyrrole nitrogens is 2. The fraction of sp³-hybridized carbons (Fsp3) is 0.439. The van der Waals surface area contributed by atoms with Crippen molar-refractivity contribution in [1.82, 2.24) is 35.1 Å². The first kappa shape index (κ1) is 35.4. The number of aromatic amines is 2. The molecule has 0 bridgehead atoms. The van der Waals surface area contributed by atoms with Gasteiger partial charge in [-0.2, -0.15) is 0 Å². The summed E-state index contributed by atoms with van der Waals surface area (Å²) in [5.41, 5.74) is 5.49. The zero-order valence-electron chi connectivity index (χ0n) is 31.6. The van der Waals surface area contributed by atoms with E-state index in [1.54, 1.807) is 11.1 Å². The smallest absolute Gasteiger partial charge is 0.408 e. The lowest BCUT2D eigenvalue weighted by Gasteiger charge is -2.45. The van der Waals surface area contributed by atoms with E-state index in [0.29, 0.717) is 31.9 Å². The van der Waals surface area contributed by atoms with E-state index < -0.39 is 23.8 Å². The molecular weight excluding hydrogens is 686 g/mol. The number of rotatable bonds is 6. The number of carboxylic acid groups (broad SMARTS) is 1. The van der Waals surface area contributed by atoms with Gasteiger partial charge in [0.1, 0.15) is 35.6 Å². The molecule has 3 aliphatic heterocycles. The molecule has 2 aromatic heterocycles. The third-order valence-corrected chi connectivity index (χ3v) is 11.7. The average molecular weight is 734 g/mol. The van der Waals surface area contributed by atoms with Crippen LogP contribution in [0.25, 0.3) is 44.2 Å². The summed E-state index contributed by atoms with van der Waals surface area (Å²) in [5.74, 6) is 1.91. The highest BCUT2D eigenvalue weighted by Gasteiger charge is 2.55. The van der Waals surface area contributed by atoms with Crippen molar-refractivity contribution in [2.75, 3.05) is 20.2 Å². The van der Waals surface area contributed by atoms with E-state index in [2.05, 4.69) is 72.5 Å². The molecule has 4 N–H and O–H groups in total. The van der Waals surface area contributed by atoms with Crippen LogP contribution in [0.2, 0.25) is 0 Å². The van der Waals surface area contributed by atoms with Crippen LogP contribution in [0, 0.1) is 11.3 Å². The molecular formula is C41H47N7O6. The van der Waals surface area contributed by atoms with Gasteiger partial charge in [-0.05, 0) is 83.4 Å². The Labute approximate surface area is 313 Å². The monoisotopic (exact) mass is 733 g/mol. The minimum Gasteiger partial charge on any atom is -0.488 e. The lowest BCUT2D eigenvalue weighted by atomic mass is 9.71. The Morgan fingerprint density at radius 3 is 2.61 bits per heavy atom. The van der Waals surface area contributed by atoms with Crippen molar-refractivity contribution in [2.24, 2.45) is 11.3 Å². The van der Waals surface area contributed by atoms with Crippen LogP contribution in [-0.2, 0) is 21.7 Å². The Morgan fingerprint density at radius 1 is 1.06 bits per heavy atom. The van der Waals surface area contributed by atoms with Crippen molar-refractivity contribution in [3.05, 3.63) is 65.9 Å². The van der Waals surface area contributed by atoms with Gasteiger partial charge in [0.15, 0.2) is 0 Å². The van der Waals surface area contributed by atoms with Crippen LogP contribution < -0.4 is 10.1 Å². The molecule has 3 amide bonds. The van der Waals surface area contributed by atoms with E-state index in [0.717, 1.165) is 80.6 Å². The number of hydrogen-bond donors (Lipinski definition) is 4. The quantitative estimate of drug-likeness (QED) is 0.138. The summed E-state index contributed by atoms with van der Waals surface area (Å²) in [5, 5.41) is 14.8. The Bertz CT molecular complexity index is 2300. The number of hydrogen-bond acceptors (Lipinski definition) is 7. The third-order valence-electron chi connectivity index (χ3n) is 11.7. The van der Waals surface area contributed by atoms with Crippen LogP contribution in [0.5, 0.6) is 5.75 Å². The summed E-state index contributed by atoms with van der Waals surface area (Å²) >= 11 is 0. The van der Waals surface area contributed by atoms with Crippen LogP contribution in [0.3, 0.4) is 0 Å². The summed E-state index contributed by atoms with van der Waals surface area (Å²) in [7, 11) is 1.29. The highest BCUT2D eigenvalue weighted by atomic mass is 16.5. The van der Waals surface area contributed by atoms with Crippen molar-refractivity contribution in [2.45, 2.75) is 84.5 Å². The summed E-state index contributed by atoms with van der Waals surface area (Å²) in [6.07, 6.45) is 3.34. The van der Waals surface area contributed by atoms with Crippen LogP contribution in [0.15, 0.2) is 48.7 Å². The molecule has 3 aliphatic rings. The predicted octanol–water partition coefficient (Wildman–Crippen LogP) is 7.72. The molecule has 0 spiro atoms. The number of alkyl carbamates (subject to hydrolysis) is 1. The Kier molecular flexibility index (Phi) is 8.57. The van der Waals surface area contributed by atoms with Crippen molar-refractivity contribution >= 4 is 39.9 Å². The highest BCUT2D eigenvalue weighted by molar-refractivity contribution is 6.07. The second-order valence-corrected chi connectivity index (χ2v) is 16.2. The van der Waals surface area contributed by atoms with E-state index in [9.17, 15) is 19.5 Å². The lowest BCUT2D eigenvalue weighted by Crippen LogP contribution is -2.53. The third kappa shape index (κ3) is 5.63. The average Bonchev–Trinajstić information content (AvgIpc) is 3.97. The fourth-order valence-electron chi connectivity index (χ4n) is 8.96. The zero-order valence-corrected chi connectivity index (χ0v) is 31.6. The van der Waals surface area contributed by atoms with Gasteiger partial charge in [-0.25, -0.2) is 19.6 Å². The number of methoxy groups -OCH3 is 1. The maximum Gasteiger partial charge on any atom is 0.408 e. The summed E-state index contributed by atoms with van der Waals surface area (Å²) in [6.45, 7) is 11.5. The number of carbonyl (C=O) groups is 3. The maximum atomic E-state index is 13.7. The van der Waals surface area contributed by atoms with Gasteiger partial charge in [-0.1, -0.05) is 52.8 Å². The second-order valence-electron chi connectivity index (χ2n) is 16.2. The molecule has 0 aliphatic carbocycles. The zero-order chi connectivity index (χ0) is 38.1. The molecule has 282 valence electrons. The van der Waals surface area contributed by atoms with Crippen molar-refractivity contribution in [3.8, 4) is 28.1 Å². The van der Waals surface area contributed by atoms with Gasteiger partial charge in [0.25, 0.3) is 0 Å². The van der Waals surface area contributed by atoms with Crippen LogP contribution in [0.1, 0.15) is 83.6 Å². The molecule has 2 fully saturated rings. The minimum atomic E-state index is -0.926. The van der Waals surface area contributed by atoms with E-state index >= 15 is 0 Å². The van der Waals surface area contributed by atoms with Crippen molar-refractivity contribution in [1.29, 1.82) is 0 Å². The van der Waals surface area contributed by atoms with Gasteiger partial charge < -0.3 is 34.8 Å². The highest BCUT2D eigenvalue weighted by Crippen LogP contribution is 2.51. The molecule has 13 heteroatoms. The maximum absolute atomic E-state index is 13.7. The topological polar surface area (TPSA) is 166 Å². The van der Waals surface area contributed by atoms with Gasteiger partial charge in [0, 0.05) is 24.0 Å². The van der Waals surface area contributed by atoms with Gasteiger partial charge in [-0.15, -0.1) is 0 Å². The van der Waals surface area contributed by atoms with Gasteiger partial charge >= 0.3 is 12.2 Å². The van der Waals surface area contributed by atoms with E-state index in [-0.39, 0.29) is 23.3 Å². The molecule has 13 nitrogen and oxygen atoms in total. The fourth-order valence-corrected chi connectivity index (χ4v) is 8.96. The first-order valence-corrected chi connectivity index (χ1v) is 18.7. The molecule has 3 aromatic carbocycles. The van der Waals surface area contributed by atoms with Gasteiger partial charge in [0.2, 0.25) is 5.91 Å². The molecule has 2 saturated heterocycles. The largest absolute Gasteiger partial charge is 0.488 e. The predicted molar refractivity (Wildman–Crippen MR) is 204 cm³/mol. The molecule has 0 radical (unpaired) electrons. The molecule has 0 unspecified atom stereocenters. The molecule has 5 heterocycles. The van der Waals surface area contributed by atoms with Gasteiger partial charge in [-0.3, -0.25) is 9.69 Å². The van der Waals surface area contributed by atoms with E-state index in [1.807, 2.05) is 24.8 Å². The number of imidazole rings is 2. The van der Waals surface area contributed by atoms with Crippen molar-refractivity contribution in [3.63, 3.8) is 0 Å². The number of fused-ring (bicyclic) bond motifs is 6. The summed E-state index contributed by atoms with van der Waals surface area (Å²) < 4.78 is 11.2. The standard InChI is InChI=1S/C41H47N7O6/c1-22(2)33(46-38(50)53-6)36(49)47-15-7-9-31(47)35-43-29-13-11-23-18-28-26-12-10-24(17-25(26)21-54-32(28)19-27(23)34(29)45-35)30-20-42-37(44-30)41(40(3,4)5)14-8-16-48(41)39(51)52/h10-13,17-20,22,31,33H,7-9,14-16,21H2,1-6H3,(H,42,44)(H,43,45)(H,46,50)(H,51,52)/t31-,33-,41-/m0/s1. The summed E-state index contributed by atoms with van der Waals surface area (Å²) in [4.78, 5) is 58.3. The second kappa shape index (κ2) is 13.1. The van der Waals surface area contributed by atoms with E-state index in [4.69, 9.17) is 19.4 Å². The number of carbonyl (C=O) groups excluding carboxylic acids is 2. The van der Waals surface area contributed by atoms with Gasteiger partial charge in [0.05, 0.1) is 36.1 Å². The number of amides is 3. The van der Waals surface area contributed by atoms with Crippen LogP contribution in [-0.4, -0.2) is 79.2 Å². The molecule has 3 atom stereocenters. The molecule has 8 rings (SSSR count). The number of benzene rings is 3. The molecule has 0 saturated carbocycles. The van der Waals surface area contributed by atoms with Crippen molar-refractivity contribution < 1.29 is 29.0 Å². The number of ether oxygens (including phenoxy) is 2. The Balaban J connectivity index is 1.09. The number of nitrogens with one attached hydrogen (secondary N) is 3. The van der Waals surface area contributed by atoms with Crippen LogP contribution in [0.4, 0.5) is 9.59 Å². The summed E-state index contributed by atoms with van der Waals surface area (Å²) in [6, 6.07) is 13.7. The first-order valence-electron chi connectivity index (χ1n) is 18.7. The number of nitrogens with zero attached hydrogens (tertiary/aromatic N) is 4. The van der Waals surface area contributed by atoms with Crippen LogP contribution >= 0.6 is 0 Å². The lowest BCUT2D eigenvalue weighted by molar-refractivity contribution is -0.135. The van der Waals surface area contributed by atoms with E-state index in [1.165, 1.54) is 7.11 Å². The number of aromatic nitrogens is 4. The number of likely N-dealkylation sites (tertiary alicyclic amines) is 2. The first-order chi connectivity index (χ1) is 25.8.